The molecule has 0 radical (unpaired) electrons. The standard InChI is InChI=1S/C16H19NO2/c1-17-6-4-12-8-11(2-3-15(12)17)9-13-10-19-16-14(13)5-7-18-16/h2-4,6,8,13-14,16H,5,7,9-10H2,1H3/t13-,14-,16+/m0/s1. The molecule has 2 saturated heterocycles. The molecular formula is C16H19NO2. The molecule has 2 aliphatic rings. The Labute approximate surface area is 113 Å². The molecule has 0 saturated carbocycles. The van der Waals surface area contributed by atoms with Crippen LogP contribution in [0.25, 0.3) is 10.9 Å². The second-order valence-electron chi connectivity index (χ2n) is 5.81. The second-order valence-corrected chi connectivity index (χ2v) is 5.81. The fourth-order valence-electron chi connectivity index (χ4n) is 3.52. The lowest BCUT2D eigenvalue weighted by Crippen LogP contribution is -2.16. The van der Waals surface area contributed by atoms with Gasteiger partial charge in [-0.2, -0.15) is 0 Å². The van der Waals surface area contributed by atoms with E-state index in [4.69, 9.17) is 9.47 Å². The number of aromatic nitrogens is 1. The van der Waals surface area contributed by atoms with Crippen LogP contribution in [0.2, 0.25) is 0 Å². The van der Waals surface area contributed by atoms with Gasteiger partial charge in [0.05, 0.1) is 13.2 Å². The average molecular weight is 257 g/mol. The first kappa shape index (κ1) is 11.5. The van der Waals surface area contributed by atoms with Crippen molar-refractivity contribution in [2.45, 2.75) is 19.1 Å². The summed E-state index contributed by atoms with van der Waals surface area (Å²) in [4.78, 5) is 0. The first-order valence-corrected chi connectivity index (χ1v) is 7.08. The van der Waals surface area contributed by atoms with Crippen molar-refractivity contribution >= 4 is 10.9 Å². The third-order valence-corrected chi connectivity index (χ3v) is 4.61. The third-order valence-electron chi connectivity index (χ3n) is 4.61. The zero-order valence-electron chi connectivity index (χ0n) is 11.2. The van der Waals surface area contributed by atoms with Gasteiger partial charge in [0.25, 0.3) is 0 Å². The van der Waals surface area contributed by atoms with Crippen molar-refractivity contribution in [3.8, 4) is 0 Å². The smallest absolute Gasteiger partial charge is 0.160 e. The molecule has 0 amide bonds. The van der Waals surface area contributed by atoms with E-state index in [0.29, 0.717) is 11.8 Å². The summed E-state index contributed by atoms with van der Waals surface area (Å²) in [5.41, 5.74) is 2.72. The molecule has 3 atom stereocenters. The fraction of sp³-hybridized carbons (Fsp3) is 0.500. The quantitative estimate of drug-likeness (QED) is 0.826. The van der Waals surface area contributed by atoms with Crippen LogP contribution in [0.4, 0.5) is 0 Å². The number of rotatable bonds is 2. The predicted molar refractivity (Wildman–Crippen MR) is 73.9 cm³/mol. The lowest BCUT2D eigenvalue weighted by atomic mass is 9.88. The van der Waals surface area contributed by atoms with E-state index >= 15 is 0 Å². The molecule has 19 heavy (non-hydrogen) atoms. The van der Waals surface area contributed by atoms with E-state index in [0.717, 1.165) is 26.1 Å². The Hall–Kier alpha value is -1.32. The topological polar surface area (TPSA) is 23.4 Å². The van der Waals surface area contributed by atoms with Crippen LogP contribution in [0.15, 0.2) is 30.5 Å². The van der Waals surface area contributed by atoms with Gasteiger partial charge >= 0.3 is 0 Å². The van der Waals surface area contributed by atoms with Crippen LogP contribution >= 0.6 is 0 Å². The van der Waals surface area contributed by atoms with Crippen molar-refractivity contribution in [1.29, 1.82) is 0 Å². The van der Waals surface area contributed by atoms with Gasteiger partial charge < -0.3 is 14.0 Å². The summed E-state index contributed by atoms with van der Waals surface area (Å²) >= 11 is 0. The Bertz CT molecular complexity index is 604. The average Bonchev–Trinajstić information content (AvgIpc) is 3.08. The van der Waals surface area contributed by atoms with E-state index in [1.54, 1.807) is 0 Å². The fourth-order valence-corrected chi connectivity index (χ4v) is 3.52. The molecule has 0 spiro atoms. The van der Waals surface area contributed by atoms with Crippen LogP contribution in [0, 0.1) is 11.8 Å². The molecule has 0 aliphatic carbocycles. The summed E-state index contributed by atoms with van der Waals surface area (Å²) in [6, 6.07) is 8.98. The van der Waals surface area contributed by atoms with E-state index in [1.165, 1.54) is 16.5 Å². The van der Waals surface area contributed by atoms with Crippen LogP contribution in [0.1, 0.15) is 12.0 Å². The third kappa shape index (κ3) is 1.88. The number of hydrogen-bond acceptors (Lipinski definition) is 2. The number of aryl methyl sites for hydroxylation is 1. The minimum absolute atomic E-state index is 0.0745. The summed E-state index contributed by atoms with van der Waals surface area (Å²) in [6.45, 7) is 1.71. The van der Waals surface area contributed by atoms with E-state index in [2.05, 4.69) is 42.1 Å². The summed E-state index contributed by atoms with van der Waals surface area (Å²) < 4.78 is 13.5. The molecule has 2 aromatic rings. The maximum Gasteiger partial charge on any atom is 0.160 e. The molecule has 1 aromatic carbocycles. The summed E-state index contributed by atoms with van der Waals surface area (Å²) in [7, 11) is 2.09. The first-order chi connectivity index (χ1) is 9.31. The Balaban J connectivity index is 1.57. The molecule has 2 aliphatic heterocycles. The normalized spacial score (nSPS) is 30.1. The highest BCUT2D eigenvalue weighted by molar-refractivity contribution is 5.80. The molecule has 0 bridgehead atoms. The van der Waals surface area contributed by atoms with Crippen LogP contribution in [-0.4, -0.2) is 24.1 Å². The maximum absolute atomic E-state index is 5.73. The second kappa shape index (κ2) is 4.36. The maximum atomic E-state index is 5.73. The van der Waals surface area contributed by atoms with E-state index in [-0.39, 0.29) is 6.29 Å². The molecule has 0 unspecified atom stereocenters. The van der Waals surface area contributed by atoms with Gasteiger partial charge in [-0.1, -0.05) is 6.07 Å². The van der Waals surface area contributed by atoms with Gasteiger partial charge in [0.1, 0.15) is 0 Å². The molecule has 1 aromatic heterocycles. The summed E-state index contributed by atoms with van der Waals surface area (Å²) in [5.74, 6) is 1.22. The van der Waals surface area contributed by atoms with Gasteiger partial charge in [-0.3, -0.25) is 0 Å². The molecule has 3 heteroatoms. The van der Waals surface area contributed by atoms with Crippen LogP contribution in [-0.2, 0) is 22.9 Å². The van der Waals surface area contributed by atoms with Gasteiger partial charge in [0.2, 0.25) is 0 Å². The molecular weight excluding hydrogens is 238 g/mol. The highest BCUT2D eigenvalue weighted by Crippen LogP contribution is 2.37. The molecule has 4 rings (SSSR count). The van der Waals surface area contributed by atoms with E-state index < -0.39 is 0 Å². The van der Waals surface area contributed by atoms with E-state index in [9.17, 15) is 0 Å². The summed E-state index contributed by atoms with van der Waals surface area (Å²) in [6.07, 6.45) is 4.46. The molecule has 0 N–H and O–H groups in total. The lowest BCUT2D eigenvalue weighted by Gasteiger charge is -2.14. The van der Waals surface area contributed by atoms with Crippen molar-refractivity contribution in [3.63, 3.8) is 0 Å². The first-order valence-electron chi connectivity index (χ1n) is 7.08. The highest BCUT2D eigenvalue weighted by atomic mass is 16.7. The zero-order chi connectivity index (χ0) is 12.8. The van der Waals surface area contributed by atoms with Crippen LogP contribution in [0.3, 0.4) is 0 Å². The van der Waals surface area contributed by atoms with E-state index in [1.807, 2.05) is 0 Å². The molecule has 2 fully saturated rings. The predicted octanol–water partition coefficient (Wildman–Crippen LogP) is 2.73. The van der Waals surface area contributed by atoms with Crippen molar-refractivity contribution in [2.75, 3.05) is 13.2 Å². The molecule has 3 nitrogen and oxygen atoms in total. The number of nitrogens with zero attached hydrogens (tertiary/aromatic N) is 1. The van der Waals surface area contributed by atoms with Gasteiger partial charge in [0.15, 0.2) is 6.29 Å². The minimum atomic E-state index is 0.0745. The van der Waals surface area contributed by atoms with Crippen molar-refractivity contribution < 1.29 is 9.47 Å². The number of ether oxygens (including phenoxy) is 2. The van der Waals surface area contributed by atoms with Crippen LogP contribution < -0.4 is 0 Å². The van der Waals surface area contributed by atoms with Crippen molar-refractivity contribution in [2.24, 2.45) is 18.9 Å². The lowest BCUT2D eigenvalue weighted by molar-refractivity contribution is -0.0905. The minimum Gasteiger partial charge on any atom is -0.352 e. The molecule has 100 valence electrons. The van der Waals surface area contributed by atoms with Gasteiger partial charge in [-0.25, -0.2) is 0 Å². The molecule has 3 heterocycles. The van der Waals surface area contributed by atoms with Gasteiger partial charge in [-0.05, 0) is 47.9 Å². The monoisotopic (exact) mass is 257 g/mol. The number of hydrogen-bond donors (Lipinski definition) is 0. The number of benzene rings is 1. The Kier molecular flexibility index (Phi) is 2.64. The highest BCUT2D eigenvalue weighted by Gasteiger charge is 2.41. The Morgan fingerprint density at radius 3 is 3.16 bits per heavy atom. The summed E-state index contributed by atoms with van der Waals surface area (Å²) in [5, 5.41) is 1.33. The largest absolute Gasteiger partial charge is 0.352 e. The zero-order valence-corrected chi connectivity index (χ0v) is 11.2. The van der Waals surface area contributed by atoms with Gasteiger partial charge in [-0.15, -0.1) is 0 Å². The SMILES string of the molecule is Cn1ccc2cc(C[C@H]3CO[C@H]4OCC[C@@H]34)ccc21. The number of fused-ring (bicyclic) bond motifs is 2. The Morgan fingerprint density at radius 2 is 2.21 bits per heavy atom. The van der Waals surface area contributed by atoms with Crippen molar-refractivity contribution in [1.82, 2.24) is 4.57 Å². The van der Waals surface area contributed by atoms with Gasteiger partial charge in [0, 0.05) is 24.7 Å². The van der Waals surface area contributed by atoms with Crippen molar-refractivity contribution in [3.05, 3.63) is 36.0 Å². The Morgan fingerprint density at radius 1 is 1.26 bits per heavy atom. The van der Waals surface area contributed by atoms with Crippen LogP contribution in [0.5, 0.6) is 0 Å².